The molecule has 0 aromatic heterocycles. The van der Waals surface area contributed by atoms with Crippen molar-refractivity contribution in [3.8, 4) is 17.2 Å². The summed E-state index contributed by atoms with van der Waals surface area (Å²) in [6, 6.07) is 26.0. The van der Waals surface area contributed by atoms with E-state index >= 15 is 0 Å². The van der Waals surface area contributed by atoms with E-state index in [1.807, 2.05) is 60.7 Å². The van der Waals surface area contributed by atoms with Crippen LogP contribution in [0.2, 0.25) is 0 Å². The molecule has 0 heterocycles. The van der Waals surface area contributed by atoms with Crippen molar-refractivity contribution in [2.24, 2.45) is 0 Å². The van der Waals surface area contributed by atoms with E-state index in [9.17, 15) is 0 Å². The van der Waals surface area contributed by atoms with E-state index in [2.05, 4.69) is 38.6 Å². The molecule has 0 saturated carbocycles. The van der Waals surface area contributed by atoms with Crippen LogP contribution in [0.25, 0.3) is 0 Å². The van der Waals surface area contributed by atoms with Gasteiger partial charge < -0.3 is 14.2 Å². The van der Waals surface area contributed by atoms with E-state index in [4.69, 9.17) is 14.2 Å². The molecule has 29 heavy (non-hydrogen) atoms. The fourth-order valence-corrected chi connectivity index (χ4v) is 3.14. The summed E-state index contributed by atoms with van der Waals surface area (Å²) in [6.07, 6.45) is 2.42. The molecule has 3 aromatic rings. The Morgan fingerprint density at radius 3 is 2.28 bits per heavy atom. The first-order valence-electron chi connectivity index (χ1n) is 9.90. The van der Waals surface area contributed by atoms with Crippen LogP contribution in [0, 0.1) is 0 Å². The second-order valence-corrected chi connectivity index (χ2v) is 7.28. The smallest absolute Gasteiger partial charge is 0.127 e. The number of para-hydroxylation sites is 1. The Morgan fingerprint density at radius 2 is 1.59 bits per heavy atom. The summed E-state index contributed by atoms with van der Waals surface area (Å²) in [4.78, 5) is 0. The van der Waals surface area contributed by atoms with E-state index in [-0.39, 0.29) is 5.41 Å². The Balaban J connectivity index is 1.60. The molecule has 150 valence electrons. The van der Waals surface area contributed by atoms with E-state index < -0.39 is 0 Å². The van der Waals surface area contributed by atoms with Crippen molar-refractivity contribution in [3.63, 3.8) is 0 Å². The minimum atomic E-state index is -0.0646. The van der Waals surface area contributed by atoms with Gasteiger partial charge in [0.25, 0.3) is 0 Å². The fraction of sp³-hybridized carbons (Fsp3) is 0.231. The monoisotopic (exact) mass is 388 g/mol. The molecule has 0 saturated heterocycles. The van der Waals surface area contributed by atoms with Crippen molar-refractivity contribution < 1.29 is 14.2 Å². The highest BCUT2D eigenvalue weighted by Crippen LogP contribution is 2.30. The number of benzene rings is 3. The van der Waals surface area contributed by atoms with Gasteiger partial charge in [0.05, 0.1) is 19.5 Å². The first kappa shape index (κ1) is 20.7. The average molecular weight is 389 g/mol. The van der Waals surface area contributed by atoms with Gasteiger partial charge in [0.2, 0.25) is 0 Å². The van der Waals surface area contributed by atoms with Gasteiger partial charge in [0.15, 0.2) is 0 Å². The van der Waals surface area contributed by atoms with Crippen molar-refractivity contribution >= 4 is 0 Å². The van der Waals surface area contributed by atoms with Crippen LogP contribution < -0.4 is 9.47 Å². The van der Waals surface area contributed by atoms with E-state index in [0.29, 0.717) is 13.2 Å². The van der Waals surface area contributed by atoms with Crippen molar-refractivity contribution in [2.45, 2.75) is 32.3 Å². The molecule has 0 bridgehead atoms. The lowest BCUT2D eigenvalue weighted by Gasteiger charge is -2.29. The number of ether oxygens (including phenoxy) is 3. The Morgan fingerprint density at radius 1 is 0.862 bits per heavy atom. The Labute approximate surface area is 173 Å². The standard InChI is InChI=1S/C26H28O3/c1-4-26(3,22-14-16-23(17-15-22)28-5-2)20-27-19-21-10-9-13-25(18-21)29-24-11-7-6-8-12-24/h5-18H,2,4,19-20H2,1,3H3. The van der Waals surface area contributed by atoms with Crippen LogP contribution in [0.15, 0.2) is 91.7 Å². The zero-order valence-corrected chi connectivity index (χ0v) is 17.1. The largest absolute Gasteiger partial charge is 0.466 e. The quantitative estimate of drug-likeness (QED) is 0.354. The van der Waals surface area contributed by atoms with Crippen LogP contribution in [0.4, 0.5) is 0 Å². The topological polar surface area (TPSA) is 27.7 Å². The van der Waals surface area contributed by atoms with Gasteiger partial charge in [-0.2, -0.15) is 0 Å². The summed E-state index contributed by atoms with van der Waals surface area (Å²) in [5.74, 6) is 2.43. The Kier molecular flexibility index (Phi) is 7.09. The van der Waals surface area contributed by atoms with Gasteiger partial charge in [-0.25, -0.2) is 0 Å². The molecule has 0 aliphatic heterocycles. The van der Waals surface area contributed by atoms with Crippen LogP contribution in [0.1, 0.15) is 31.4 Å². The first-order chi connectivity index (χ1) is 14.1. The summed E-state index contributed by atoms with van der Waals surface area (Å²) in [5.41, 5.74) is 2.26. The molecule has 1 atom stereocenters. The lowest BCUT2D eigenvalue weighted by molar-refractivity contribution is 0.0747. The lowest BCUT2D eigenvalue weighted by Crippen LogP contribution is -2.27. The van der Waals surface area contributed by atoms with Crippen LogP contribution in [0.3, 0.4) is 0 Å². The van der Waals surface area contributed by atoms with E-state index in [1.165, 1.54) is 11.8 Å². The van der Waals surface area contributed by atoms with E-state index in [1.54, 1.807) is 0 Å². The number of hydrogen-bond donors (Lipinski definition) is 0. The predicted octanol–water partition coefficient (Wildman–Crippen LogP) is 6.89. The molecule has 1 unspecified atom stereocenters. The Bertz CT molecular complexity index is 903. The predicted molar refractivity (Wildman–Crippen MR) is 118 cm³/mol. The van der Waals surface area contributed by atoms with Crippen molar-refractivity contribution in [2.75, 3.05) is 6.61 Å². The van der Waals surface area contributed by atoms with E-state index in [0.717, 1.165) is 29.2 Å². The minimum absolute atomic E-state index is 0.0646. The highest BCUT2D eigenvalue weighted by molar-refractivity contribution is 5.34. The highest BCUT2D eigenvalue weighted by atomic mass is 16.5. The van der Waals surface area contributed by atoms with Gasteiger partial charge in [-0.15, -0.1) is 0 Å². The molecule has 0 fully saturated rings. The highest BCUT2D eigenvalue weighted by Gasteiger charge is 2.25. The van der Waals surface area contributed by atoms with Gasteiger partial charge >= 0.3 is 0 Å². The third-order valence-corrected chi connectivity index (χ3v) is 5.12. The minimum Gasteiger partial charge on any atom is -0.466 e. The van der Waals surface area contributed by atoms with Crippen molar-refractivity contribution in [1.29, 1.82) is 0 Å². The zero-order valence-electron chi connectivity index (χ0n) is 17.1. The number of hydrogen-bond acceptors (Lipinski definition) is 3. The summed E-state index contributed by atoms with van der Waals surface area (Å²) < 4.78 is 17.3. The lowest BCUT2D eigenvalue weighted by atomic mass is 9.81. The molecule has 0 aliphatic rings. The number of rotatable bonds is 10. The maximum absolute atomic E-state index is 6.11. The summed E-state index contributed by atoms with van der Waals surface area (Å²) in [7, 11) is 0. The zero-order chi connectivity index (χ0) is 20.5. The van der Waals surface area contributed by atoms with Crippen LogP contribution in [-0.2, 0) is 16.8 Å². The van der Waals surface area contributed by atoms with Crippen LogP contribution in [-0.4, -0.2) is 6.61 Å². The molecule has 3 nitrogen and oxygen atoms in total. The SMILES string of the molecule is C=COc1ccc(C(C)(CC)COCc2cccc(Oc3ccccc3)c2)cc1. The van der Waals surface area contributed by atoms with Crippen molar-refractivity contribution in [3.05, 3.63) is 103 Å². The molecule has 0 amide bonds. The third-order valence-electron chi connectivity index (χ3n) is 5.12. The molecule has 3 aromatic carbocycles. The summed E-state index contributed by atoms with van der Waals surface area (Å²) in [6.45, 7) is 9.18. The van der Waals surface area contributed by atoms with Gasteiger partial charge in [0, 0.05) is 5.41 Å². The molecule has 0 spiro atoms. The molecular weight excluding hydrogens is 360 g/mol. The fourth-order valence-electron chi connectivity index (χ4n) is 3.14. The Hall–Kier alpha value is -3.04. The van der Waals surface area contributed by atoms with Gasteiger partial charge in [-0.3, -0.25) is 0 Å². The van der Waals surface area contributed by atoms with Gasteiger partial charge in [-0.1, -0.05) is 62.9 Å². The maximum Gasteiger partial charge on any atom is 0.127 e. The van der Waals surface area contributed by atoms with Crippen molar-refractivity contribution in [1.82, 2.24) is 0 Å². The molecule has 0 N–H and O–H groups in total. The molecule has 3 rings (SSSR count). The second-order valence-electron chi connectivity index (χ2n) is 7.28. The molecule has 0 aliphatic carbocycles. The van der Waals surface area contributed by atoms with Gasteiger partial charge in [-0.05, 0) is 53.9 Å². The van der Waals surface area contributed by atoms with Crippen LogP contribution in [0.5, 0.6) is 17.2 Å². The third kappa shape index (κ3) is 5.72. The summed E-state index contributed by atoms with van der Waals surface area (Å²) in [5, 5.41) is 0. The average Bonchev–Trinajstić information content (AvgIpc) is 2.75. The van der Waals surface area contributed by atoms with Crippen LogP contribution >= 0.6 is 0 Å². The van der Waals surface area contributed by atoms with Gasteiger partial charge in [0.1, 0.15) is 17.2 Å². The summed E-state index contributed by atoms with van der Waals surface area (Å²) >= 11 is 0. The maximum atomic E-state index is 6.11. The normalized spacial score (nSPS) is 12.8. The molecule has 0 radical (unpaired) electrons. The molecular formula is C26H28O3. The molecule has 3 heteroatoms. The first-order valence-corrected chi connectivity index (χ1v) is 9.90. The second kappa shape index (κ2) is 9.94.